The molecule has 0 unspecified atom stereocenters. The van der Waals surface area contributed by atoms with E-state index < -0.39 is 22.2 Å². The molecule has 3 aromatic carbocycles. The van der Waals surface area contributed by atoms with Crippen LogP contribution in [-0.2, 0) is 22.9 Å². The molecule has 0 bridgehead atoms. The van der Waals surface area contributed by atoms with Crippen LogP contribution in [0, 0.1) is 17.2 Å². The number of allylic oxidation sites excluding steroid dienone is 1. The summed E-state index contributed by atoms with van der Waals surface area (Å²) in [7, 11) is -3.85. The minimum absolute atomic E-state index is 0.0273. The van der Waals surface area contributed by atoms with E-state index in [0.29, 0.717) is 24.1 Å². The van der Waals surface area contributed by atoms with Gasteiger partial charge in [-0.3, -0.25) is 0 Å². The summed E-state index contributed by atoms with van der Waals surface area (Å²) in [5, 5.41) is 33.8. The minimum atomic E-state index is -3.85. The van der Waals surface area contributed by atoms with Crippen molar-refractivity contribution in [1.82, 2.24) is 10.0 Å². The van der Waals surface area contributed by atoms with E-state index in [1.54, 1.807) is 0 Å². The fourth-order valence-electron chi connectivity index (χ4n) is 4.72. The number of hydrogen-bond donors (Lipinski definition) is 4. The van der Waals surface area contributed by atoms with Crippen molar-refractivity contribution in [3.63, 3.8) is 0 Å². The summed E-state index contributed by atoms with van der Waals surface area (Å²) in [4.78, 5) is 0.0273. The first-order chi connectivity index (χ1) is 17.8. The average molecular weight is 518 g/mol. The van der Waals surface area contributed by atoms with Gasteiger partial charge in [0.25, 0.3) is 0 Å². The van der Waals surface area contributed by atoms with E-state index in [0.717, 1.165) is 16.7 Å². The normalized spacial score (nSPS) is 18.4. The lowest BCUT2D eigenvalue weighted by Gasteiger charge is -2.28. The molecule has 0 spiro atoms. The van der Waals surface area contributed by atoms with Crippen LogP contribution in [0.25, 0.3) is 0 Å². The zero-order chi connectivity index (χ0) is 26.4. The van der Waals surface area contributed by atoms with Gasteiger partial charge in [0.05, 0.1) is 34.8 Å². The van der Waals surface area contributed by atoms with Crippen LogP contribution in [-0.4, -0.2) is 37.4 Å². The maximum atomic E-state index is 12.7. The first kappa shape index (κ1) is 26.6. The smallest absolute Gasteiger partial charge is 0.240 e. The van der Waals surface area contributed by atoms with Crippen LogP contribution in [0.5, 0.6) is 0 Å². The van der Waals surface area contributed by atoms with Gasteiger partial charge in [-0.15, -0.1) is 0 Å². The van der Waals surface area contributed by atoms with Crippen molar-refractivity contribution in [1.29, 1.82) is 5.26 Å². The molecular formula is C29H31N3O4S. The lowest BCUT2D eigenvalue weighted by Crippen LogP contribution is -2.36. The molecule has 4 N–H and O–H groups in total. The Hall–Kier alpha value is -3.48. The van der Waals surface area contributed by atoms with E-state index in [-0.39, 0.29) is 29.8 Å². The third-order valence-corrected chi connectivity index (χ3v) is 8.16. The van der Waals surface area contributed by atoms with Crippen LogP contribution in [0.3, 0.4) is 0 Å². The molecule has 7 nitrogen and oxygen atoms in total. The Labute approximate surface area is 218 Å². The zero-order valence-corrected chi connectivity index (χ0v) is 21.2. The molecule has 0 saturated heterocycles. The zero-order valence-electron chi connectivity index (χ0n) is 20.4. The van der Waals surface area contributed by atoms with E-state index in [4.69, 9.17) is 5.26 Å². The van der Waals surface area contributed by atoms with E-state index >= 15 is 0 Å². The Balaban J connectivity index is 1.44. The Morgan fingerprint density at radius 2 is 1.73 bits per heavy atom. The van der Waals surface area contributed by atoms with Crippen LogP contribution in [0.2, 0.25) is 0 Å². The number of nitrogens with one attached hydrogen (secondary N) is 2. The highest BCUT2D eigenvalue weighted by Gasteiger charge is 2.32. The fourth-order valence-corrected chi connectivity index (χ4v) is 5.80. The largest absolute Gasteiger partial charge is 0.392 e. The van der Waals surface area contributed by atoms with Crippen molar-refractivity contribution in [2.24, 2.45) is 5.92 Å². The van der Waals surface area contributed by atoms with E-state index in [1.165, 1.54) is 24.3 Å². The highest BCUT2D eigenvalue weighted by atomic mass is 32.2. The van der Waals surface area contributed by atoms with Gasteiger partial charge in [0.2, 0.25) is 10.0 Å². The Morgan fingerprint density at radius 1 is 1.05 bits per heavy atom. The maximum Gasteiger partial charge on any atom is 0.240 e. The highest BCUT2D eigenvalue weighted by molar-refractivity contribution is 7.89. The second kappa shape index (κ2) is 11.7. The summed E-state index contributed by atoms with van der Waals surface area (Å²) in [6, 6.07) is 25.0. The van der Waals surface area contributed by atoms with Crippen molar-refractivity contribution in [2.45, 2.75) is 42.4 Å². The molecule has 0 amide bonds. The van der Waals surface area contributed by atoms with E-state index in [2.05, 4.69) is 16.6 Å². The lowest BCUT2D eigenvalue weighted by atomic mass is 9.90. The number of fused-ring (bicyclic) bond motifs is 1. The summed E-state index contributed by atoms with van der Waals surface area (Å²) in [5.41, 5.74) is 4.23. The van der Waals surface area contributed by atoms with Crippen LogP contribution < -0.4 is 10.0 Å². The molecule has 4 rings (SSSR count). The Bertz CT molecular complexity index is 1370. The summed E-state index contributed by atoms with van der Waals surface area (Å²) < 4.78 is 27.8. The molecule has 192 valence electrons. The first-order valence-corrected chi connectivity index (χ1v) is 13.7. The lowest BCUT2D eigenvalue weighted by molar-refractivity contribution is 0.136. The van der Waals surface area contributed by atoms with Crippen molar-refractivity contribution in [2.75, 3.05) is 6.54 Å². The van der Waals surface area contributed by atoms with Gasteiger partial charge in [0, 0.05) is 24.6 Å². The standard InChI is InChI=1S/C29H31N3O4S/c1-20(32-29-27-10-6-5-9-23(27)17-28(29)34)24(15-21-7-3-2-4-8-21)16-25(33)19-31-37(35,36)26-13-11-22(18-30)12-14-26/h2-14,24-25,28-29,31-34H,1,15-17,19H2/t24-,25+,28-,29+/m1/s1. The number of nitriles is 1. The van der Waals surface area contributed by atoms with Crippen molar-refractivity contribution >= 4 is 10.0 Å². The number of hydrogen-bond acceptors (Lipinski definition) is 6. The minimum Gasteiger partial charge on any atom is -0.392 e. The Kier molecular flexibility index (Phi) is 8.41. The maximum absolute atomic E-state index is 12.7. The van der Waals surface area contributed by atoms with Crippen LogP contribution >= 0.6 is 0 Å². The molecule has 8 heteroatoms. The summed E-state index contributed by atoms with van der Waals surface area (Å²) in [6.45, 7) is 4.08. The van der Waals surface area contributed by atoms with Gasteiger partial charge in [-0.2, -0.15) is 5.26 Å². The average Bonchev–Trinajstić information content (AvgIpc) is 3.22. The van der Waals surface area contributed by atoms with Crippen molar-refractivity contribution in [3.8, 4) is 6.07 Å². The molecule has 0 saturated carbocycles. The van der Waals surface area contributed by atoms with E-state index in [9.17, 15) is 18.6 Å². The summed E-state index contributed by atoms with van der Waals surface area (Å²) >= 11 is 0. The van der Waals surface area contributed by atoms with Gasteiger partial charge in [0.15, 0.2) is 0 Å². The third-order valence-electron chi connectivity index (χ3n) is 6.72. The number of rotatable bonds is 11. The number of nitrogens with zero attached hydrogens (tertiary/aromatic N) is 1. The quantitative estimate of drug-likeness (QED) is 0.310. The van der Waals surface area contributed by atoms with Crippen molar-refractivity contribution in [3.05, 3.63) is 113 Å². The highest BCUT2D eigenvalue weighted by Crippen LogP contribution is 2.33. The molecule has 4 atom stereocenters. The predicted molar refractivity (Wildman–Crippen MR) is 142 cm³/mol. The molecule has 37 heavy (non-hydrogen) atoms. The van der Waals surface area contributed by atoms with Gasteiger partial charge < -0.3 is 15.5 Å². The molecule has 1 aliphatic carbocycles. The van der Waals surface area contributed by atoms with Crippen LogP contribution in [0.4, 0.5) is 0 Å². The number of aliphatic hydroxyl groups is 2. The van der Waals surface area contributed by atoms with Gasteiger partial charge in [-0.05, 0) is 53.8 Å². The second-order valence-corrected chi connectivity index (χ2v) is 11.1. The van der Waals surface area contributed by atoms with Crippen LogP contribution in [0.1, 0.15) is 34.7 Å². The monoisotopic (exact) mass is 517 g/mol. The summed E-state index contributed by atoms with van der Waals surface area (Å²) in [5.74, 6) is -0.211. The van der Waals surface area contributed by atoms with Crippen LogP contribution in [0.15, 0.2) is 96.0 Å². The summed E-state index contributed by atoms with van der Waals surface area (Å²) in [6.07, 6.45) is -0.140. The molecular weight excluding hydrogens is 486 g/mol. The molecule has 0 aliphatic heterocycles. The third kappa shape index (κ3) is 6.64. The number of benzene rings is 3. The topological polar surface area (TPSA) is 122 Å². The van der Waals surface area contributed by atoms with E-state index in [1.807, 2.05) is 60.7 Å². The Morgan fingerprint density at radius 3 is 2.43 bits per heavy atom. The van der Waals surface area contributed by atoms with Gasteiger partial charge in [0.1, 0.15) is 0 Å². The fraction of sp³-hybridized carbons (Fsp3) is 0.276. The molecule has 0 aromatic heterocycles. The van der Waals surface area contributed by atoms with Crippen molar-refractivity contribution < 1.29 is 18.6 Å². The molecule has 1 aliphatic rings. The van der Waals surface area contributed by atoms with Gasteiger partial charge in [-0.25, -0.2) is 13.1 Å². The molecule has 0 radical (unpaired) electrons. The first-order valence-electron chi connectivity index (χ1n) is 12.2. The number of sulfonamides is 1. The second-order valence-electron chi connectivity index (χ2n) is 9.38. The molecule has 3 aromatic rings. The van der Waals surface area contributed by atoms with Gasteiger partial charge in [-0.1, -0.05) is 61.2 Å². The SMILES string of the molecule is C=C(N[C@H]1c2ccccc2C[C@H]1O)[C@H](Cc1ccccc1)C[C@H](O)CNS(=O)(=O)c1ccc(C#N)cc1. The molecule has 0 fully saturated rings. The molecule has 0 heterocycles. The predicted octanol–water partition coefficient (Wildman–Crippen LogP) is 3.21. The number of aliphatic hydroxyl groups excluding tert-OH is 2. The van der Waals surface area contributed by atoms with Gasteiger partial charge >= 0.3 is 0 Å².